The highest BCUT2D eigenvalue weighted by molar-refractivity contribution is 7.89. The van der Waals surface area contributed by atoms with Gasteiger partial charge in [-0.2, -0.15) is 5.10 Å². The van der Waals surface area contributed by atoms with Crippen molar-refractivity contribution in [3.05, 3.63) is 12.4 Å². The van der Waals surface area contributed by atoms with Crippen molar-refractivity contribution in [2.24, 2.45) is 5.92 Å². The van der Waals surface area contributed by atoms with Crippen molar-refractivity contribution in [1.29, 1.82) is 0 Å². The van der Waals surface area contributed by atoms with Crippen molar-refractivity contribution in [1.82, 2.24) is 14.5 Å². The lowest BCUT2D eigenvalue weighted by Gasteiger charge is -2.37. The van der Waals surface area contributed by atoms with Gasteiger partial charge in [0.2, 0.25) is 10.0 Å². The van der Waals surface area contributed by atoms with E-state index in [-0.39, 0.29) is 23.0 Å². The van der Waals surface area contributed by atoms with Crippen LogP contribution in [0.2, 0.25) is 0 Å². The smallest absolute Gasteiger partial charge is 0.243 e. The normalized spacial score (nSPS) is 24.4. The number of sulfonamides is 1. The Labute approximate surface area is 120 Å². The van der Waals surface area contributed by atoms with Gasteiger partial charge < -0.3 is 5.11 Å². The fraction of sp³-hybridized carbons (Fsp3) is 0.769. The molecule has 0 unspecified atom stereocenters. The van der Waals surface area contributed by atoms with E-state index < -0.39 is 10.0 Å². The lowest BCUT2D eigenvalue weighted by molar-refractivity contribution is 0.0277. The number of aryl methyl sites for hydroxylation is 1. The minimum Gasteiger partial charge on any atom is -0.393 e. The third-order valence-corrected chi connectivity index (χ3v) is 5.28. The molecular formula is C13H23N3O3S. The van der Waals surface area contributed by atoms with Crippen LogP contribution in [0.15, 0.2) is 17.3 Å². The topological polar surface area (TPSA) is 84.2 Å². The number of aliphatic hydroxyl groups excluding tert-OH is 1. The molecule has 0 bridgehead atoms. The van der Waals surface area contributed by atoms with E-state index >= 15 is 0 Å². The molecule has 1 aromatic rings. The molecule has 0 spiro atoms. The maximum absolute atomic E-state index is 12.3. The summed E-state index contributed by atoms with van der Waals surface area (Å²) >= 11 is 0. The number of hydrogen-bond acceptors (Lipinski definition) is 4. The summed E-state index contributed by atoms with van der Waals surface area (Å²) in [5.41, 5.74) is 0. The molecule has 6 nitrogen and oxygen atoms in total. The molecule has 0 aromatic carbocycles. The van der Waals surface area contributed by atoms with Gasteiger partial charge in [-0.3, -0.25) is 4.68 Å². The van der Waals surface area contributed by atoms with Crippen molar-refractivity contribution in [2.45, 2.75) is 63.1 Å². The van der Waals surface area contributed by atoms with E-state index in [2.05, 4.69) is 9.82 Å². The summed E-state index contributed by atoms with van der Waals surface area (Å²) in [5, 5.41) is 13.4. The molecule has 1 saturated carbocycles. The van der Waals surface area contributed by atoms with E-state index in [1.165, 1.54) is 6.20 Å². The van der Waals surface area contributed by atoms with Gasteiger partial charge in [-0.25, -0.2) is 13.1 Å². The summed E-state index contributed by atoms with van der Waals surface area (Å²) in [4.78, 5) is 0.212. The van der Waals surface area contributed by atoms with Crippen LogP contribution in [0, 0.1) is 5.92 Å². The van der Waals surface area contributed by atoms with Crippen LogP contribution in [-0.4, -0.2) is 35.5 Å². The van der Waals surface area contributed by atoms with E-state index in [0.29, 0.717) is 19.4 Å². The first-order chi connectivity index (χ1) is 9.46. The molecular weight excluding hydrogens is 278 g/mol. The molecule has 0 amide bonds. The van der Waals surface area contributed by atoms with Crippen molar-refractivity contribution in [3.63, 3.8) is 0 Å². The number of aliphatic hydroxyl groups is 1. The third kappa shape index (κ3) is 3.39. The van der Waals surface area contributed by atoms with Crippen LogP contribution >= 0.6 is 0 Å². The Bertz CT molecular complexity index is 535. The van der Waals surface area contributed by atoms with Gasteiger partial charge in [0, 0.05) is 18.8 Å². The van der Waals surface area contributed by atoms with Crippen molar-refractivity contribution in [3.8, 4) is 0 Å². The Morgan fingerprint density at radius 3 is 2.75 bits per heavy atom. The summed E-state index contributed by atoms with van der Waals surface area (Å²) in [7, 11) is -3.52. The van der Waals surface area contributed by atoms with Crippen LogP contribution in [0.25, 0.3) is 0 Å². The molecule has 2 rings (SSSR count). The molecule has 1 atom stereocenters. The molecule has 1 aromatic heterocycles. The van der Waals surface area contributed by atoms with Gasteiger partial charge in [-0.1, -0.05) is 13.8 Å². The highest BCUT2D eigenvalue weighted by Gasteiger charge is 2.35. The average Bonchev–Trinajstić information content (AvgIpc) is 2.82. The quantitative estimate of drug-likeness (QED) is 0.790. The monoisotopic (exact) mass is 301 g/mol. The van der Waals surface area contributed by atoms with Gasteiger partial charge in [-0.05, 0) is 31.6 Å². The zero-order chi connectivity index (χ0) is 14.8. The summed E-state index contributed by atoms with van der Waals surface area (Å²) in [6, 6.07) is -0.113. The van der Waals surface area contributed by atoms with Crippen LogP contribution in [0.4, 0.5) is 0 Å². The highest BCUT2D eigenvalue weighted by atomic mass is 32.2. The zero-order valence-corrected chi connectivity index (χ0v) is 12.8. The van der Waals surface area contributed by atoms with Gasteiger partial charge in [0.05, 0.1) is 12.3 Å². The first-order valence-electron chi connectivity index (χ1n) is 7.19. The van der Waals surface area contributed by atoms with E-state index in [0.717, 1.165) is 12.8 Å². The van der Waals surface area contributed by atoms with Crippen LogP contribution in [-0.2, 0) is 16.6 Å². The summed E-state index contributed by atoms with van der Waals surface area (Å²) in [5.74, 6) is 0.232. The second-order valence-corrected chi connectivity index (χ2v) is 7.17. The number of aromatic nitrogens is 2. The van der Waals surface area contributed by atoms with Gasteiger partial charge in [-0.15, -0.1) is 0 Å². The molecule has 20 heavy (non-hydrogen) atoms. The van der Waals surface area contributed by atoms with Gasteiger partial charge in [0.1, 0.15) is 4.90 Å². The predicted octanol–water partition coefficient (Wildman–Crippen LogP) is 1.12. The number of nitrogens with one attached hydrogen (secondary N) is 1. The van der Waals surface area contributed by atoms with Gasteiger partial charge in [0.25, 0.3) is 0 Å². The highest BCUT2D eigenvalue weighted by Crippen LogP contribution is 2.32. The molecule has 0 saturated heterocycles. The van der Waals surface area contributed by atoms with E-state index in [1.54, 1.807) is 10.9 Å². The molecule has 1 heterocycles. The molecule has 1 fully saturated rings. The molecule has 1 aliphatic carbocycles. The molecule has 2 N–H and O–H groups in total. The first kappa shape index (κ1) is 15.5. The Kier molecular flexibility index (Phi) is 4.82. The molecule has 1 aliphatic rings. The second-order valence-electron chi connectivity index (χ2n) is 5.46. The Morgan fingerprint density at radius 1 is 1.50 bits per heavy atom. The largest absolute Gasteiger partial charge is 0.393 e. The third-order valence-electron chi connectivity index (χ3n) is 3.84. The predicted molar refractivity (Wildman–Crippen MR) is 75.6 cm³/mol. The van der Waals surface area contributed by atoms with Crippen molar-refractivity contribution < 1.29 is 13.5 Å². The zero-order valence-electron chi connectivity index (χ0n) is 12.0. The van der Waals surface area contributed by atoms with Crippen LogP contribution in [0.1, 0.15) is 39.5 Å². The Balaban J connectivity index is 2.05. The number of hydrogen-bond donors (Lipinski definition) is 2. The average molecular weight is 301 g/mol. The van der Waals surface area contributed by atoms with Gasteiger partial charge in [0.15, 0.2) is 0 Å². The minimum atomic E-state index is -3.52. The van der Waals surface area contributed by atoms with Crippen LogP contribution < -0.4 is 4.72 Å². The van der Waals surface area contributed by atoms with Crippen LogP contribution in [0.5, 0.6) is 0 Å². The second kappa shape index (κ2) is 6.24. The maximum atomic E-state index is 12.3. The maximum Gasteiger partial charge on any atom is 0.243 e. The number of nitrogens with zero attached hydrogens (tertiary/aromatic N) is 2. The fourth-order valence-electron chi connectivity index (χ4n) is 2.57. The first-order valence-corrected chi connectivity index (χ1v) is 8.67. The van der Waals surface area contributed by atoms with E-state index in [1.807, 2.05) is 13.8 Å². The fourth-order valence-corrected chi connectivity index (χ4v) is 3.91. The molecule has 7 heteroatoms. The lowest BCUT2D eigenvalue weighted by atomic mass is 9.77. The molecule has 114 valence electrons. The summed E-state index contributed by atoms with van der Waals surface area (Å²) in [6.45, 7) is 4.68. The van der Waals surface area contributed by atoms with Crippen molar-refractivity contribution in [2.75, 3.05) is 0 Å². The summed E-state index contributed by atoms with van der Waals surface area (Å²) in [6.07, 6.45) is 5.66. The Hall–Kier alpha value is -0.920. The van der Waals surface area contributed by atoms with Gasteiger partial charge >= 0.3 is 0 Å². The summed E-state index contributed by atoms with van der Waals surface area (Å²) < 4.78 is 29.0. The lowest BCUT2D eigenvalue weighted by Crippen LogP contribution is -2.46. The van der Waals surface area contributed by atoms with E-state index in [4.69, 9.17) is 0 Å². The van der Waals surface area contributed by atoms with Crippen LogP contribution in [0.3, 0.4) is 0 Å². The van der Waals surface area contributed by atoms with E-state index in [9.17, 15) is 13.5 Å². The molecule has 0 radical (unpaired) electrons. The Morgan fingerprint density at radius 2 is 2.20 bits per heavy atom. The standard InChI is InChI=1S/C13H23N3O3S/c1-3-5-16-9-12(8-14-16)20(18,19)15-13(4-2)10-6-11(17)7-10/h8-11,13,15,17H,3-7H2,1-2H3/t10?,11?,13-/m1/s1. The minimum absolute atomic E-state index is 0.113. The SMILES string of the molecule is CCCn1cc(S(=O)(=O)N[C@H](CC)C2CC(O)C2)cn1. The van der Waals surface area contributed by atoms with Crippen molar-refractivity contribution >= 4 is 10.0 Å². The number of rotatable bonds is 7. The molecule has 0 aliphatic heterocycles.